The highest BCUT2D eigenvalue weighted by molar-refractivity contribution is 7.89. The van der Waals surface area contributed by atoms with Gasteiger partial charge in [0.15, 0.2) is 11.6 Å². The zero-order chi connectivity index (χ0) is 19.3. The summed E-state index contributed by atoms with van der Waals surface area (Å²) in [5.74, 6) is -0.883. The zero-order valence-corrected chi connectivity index (χ0v) is 15.9. The lowest BCUT2D eigenvalue weighted by molar-refractivity contribution is -0.121. The molecule has 1 unspecified atom stereocenters. The standard InChI is InChI=1S/C17H26FN3O4S/c1-12-15(7-6-14(25-2)17(12)18)26(23,24)21-10-4-3-5-13(21)11-20-16(22)8-9-19/h6-7,13H,3-5,8-11,19H2,1-2H3,(H,20,22). The third-order valence-electron chi connectivity index (χ3n) is 4.59. The maximum atomic E-state index is 14.3. The van der Waals surface area contributed by atoms with Crippen LogP contribution in [0.15, 0.2) is 17.0 Å². The van der Waals surface area contributed by atoms with Crippen molar-refractivity contribution in [1.29, 1.82) is 0 Å². The summed E-state index contributed by atoms with van der Waals surface area (Å²) in [5.41, 5.74) is 5.38. The topological polar surface area (TPSA) is 102 Å². The molecule has 1 aromatic rings. The Kier molecular flexibility index (Phi) is 6.96. The van der Waals surface area contributed by atoms with Gasteiger partial charge in [-0.2, -0.15) is 4.31 Å². The van der Waals surface area contributed by atoms with Crippen molar-refractivity contribution in [3.8, 4) is 5.75 Å². The molecular weight excluding hydrogens is 361 g/mol. The van der Waals surface area contributed by atoms with E-state index in [1.807, 2.05) is 0 Å². The highest BCUT2D eigenvalue weighted by atomic mass is 32.2. The van der Waals surface area contributed by atoms with Crippen LogP contribution in [-0.2, 0) is 14.8 Å². The number of nitrogens with two attached hydrogens (primary N) is 1. The molecule has 9 heteroatoms. The lowest BCUT2D eigenvalue weighted by atomic mass is 10.1. The van der Waals surface area contributed by atoms with Crippen molar-refractivity contribution in [2.75, 3.05) is 26.7 Å². The smallest absolute Gasteiger partial charge is 0.243 e. The van der Waals surface area contributed by atoms with Crippen LogP contribution in [0.1, 0.15) is 31.2 Å². The van der Waals surface area contributed by atoms with Gasteiger partial charge < -0.3 is 15.8 Å². The third kappa shape index (κ3) is 4.33. The van der Waals surface area contributed by atoms with Gasteiger partial charge in [0.05, 0.1) is 12.0 Å². The van der Waals surface area contributed by atoms with Crippen molar-refractivity contribution in [3.63, 3.8) is 0 Å². The van der Waals surface area contributed by atoms with Crippen LogP contribution < -0.4 is 15.8 Å². The summed E-state index contributed by atoms with van der Waals surface area (Å²) in [6.45, 7) is 2.22. The van der Waals surface area contributed by atoms with E-state index < -0.39 is 15.8 Å². The van der Waals surface area contributed by atoms with Gasteiger partial charge in [-0.3, -0.25) is 4.79 Å². The molecule has 1 aliphatic heterocycles. The molecule has 1 saturated heterocycles. The number of benzene rings is 1. The highest BCUT2D eigenvalue weighted by Gasteiger charge is 2.35. The van der Waals surface area contributed by atoms with Gasteiger partial charge in [0.2, 0.25) is 15.9 Å². The average molecular weight is 387 g/mol. The summed E-state index contributed by atoms with van der Waals surface area (Å²) >= 11 is 0. The summed E-state index contributed by atoms with van der Waals surface area (Å²) in [6.07, 6.45) is 2.44. The third-order valence-corrected chi connectivity index (χ3v) is 6.68. The van der Waals surface area contributed by atoms with Crippen LogP contribution in [0.4, 0.5) is 4.39 Å². The van der Waals surface area contributed by atoms with Crippen LogP contribution in [0.5, 0.6) is 5.75 Å². The summed E-state index contributed by atoms with van der Waals surface area (Å²) in [7, 11) is -2.56. The second-order valence-corrected chi connectivity index (χ2v) is 8.17. The second kappa shape index (κ2) is 8.79. The minimum atomic E-state index is -3.89. The van der Waals surface area contributed by atoms with Gasteiger partial charge in [-0.1, -0.05) is 6.42 Å². The molecular formula is C17H26FN3O4S. The zero-order valence-electron chi connectivity index (χ0n) is 15.1. The van der Waals surface area contributed by atoms with E-state index in [2.05, 4.69) is 5.32 Å². The van der Waals surface area contributed by atoms with E-state index in [0.717, 1.165) is 12.8 Å². The lowest BCUT2D eigenvalue weighted by Crippen LogP contribution is -2.49. The van der Waals surface area contributed by atoms with E-state index in [1.54, 1.807) is 0 Å². The van der Waals surface area contributed by atoms with Gasteiger partial charge in [0, 0.05) is 37.7 Å². The number of nitrogens with zero attached hydrogens (tertiary/aromatic N) is 1. The molecule has 0 bridgehead atoms. The number of piperidine rings is 1. The van der Waals surface area contributed by atoms with Crippen LogP contribution in [0.3, 0.4) is 0 Å². The molecule has 0 radical (unpaired) electrons. The Morgan fingerprint density at radius 3 is 2.81 bits per heavy atom. The van der Waals surface area contributed by atoms with E-state index >= 15 is 0 Å². The van der Waals surface area contributed by atoms with Crippen LogP contribution in [0, 0.1) is 12.7 Å². The highest BCUT2D eigenvalue weighted by Crippen LogP contribution is 2.31. The molecule has 0 aromatic heterocycles. The molecule has 1 aliphatic rings. The molecule has 3 N–H and O–H groups in total. The van der Waals surface area contributed by atoms with E-state index in [-0.39, 0.29) is 47.7 Å². The Morgan fingerprint density at radius 2 is 2.15 bits per heavy atom. The number of methoxy groups -OCH3 is 1. The van der Waals surface area contributed by atoms with E-state index in [4.69, 9.17) is 10.5 Å². The maximum Gasteiger partial charge on any atom is 0.243 e. The Hall–Kier alpha value is -1.71. The number of ether oxygens (including phenoxy) is 1. The Labute approximate surface area is 153 Å². The van der Waals surface area contributed by atoms with E-state index in [1.165, 1.54) is 30.5 Å². The quantitative estimate of drug-likeness (QED) is 0.731. The van der Waals surface area contributed by atoms with Gasteiger partial charge in [0.1, 0.15) is 0 Å². The van der Waals surface area contributed by atoms with Crippen LogP contribution >= 0.6 is 0 Å². The molecule has 1 amide bonds. The number of carbonyl (C=O) groups excluding carboxylic acids is 1. The molecule has 1 heterocycles. The first-order valence-corrected chi connectivity index (χ1v) is 10.1. The number of nitrogens with one attached hydrogen (secondary N) is 1. The number of hydrogen-bond donors (Lipinski definition) is 2. The fourth-order valence-electron chi connectivity index (χ4n) is 3.15. The number of hydrogen-bond acceptors (Lipinski definition) is 5. The Bertz CT molecular complexity index is 755. The minimum absolute atomic E-state index is 0.00527. The molecule has 0 saturated carbocycles. The van der Waals surface area contributed by atoms with E-state index in [9.17, 15) is 17.6 Å². The number of halogens is 1. The monoisotopic (exact) mass is 387 g/mol. The summed E-state index contributed by atoms with van der Waals surface area (Å²) in [6, 6.07) is 2.32. The van der Waals surface area contributed by atoms with Crippen LogP contribution in [0.25, 0.3) is 0 Å². The first-order chi connectivity index (χ1) is 12.3. The molecule has 1 atom stereocenters. The van der Waals surface area contributed by atoms with Gasteiger partial charge in [0.25, 0.3) is 0 Å². The van der Waals surface area contributed by atoms with Gasteiger partial charge in [-0.15, -0.1) is 0 Å². The molecule has 2 rings (SSSR count). The summed E-state index contributed by atoms with van der Waals surface area (Å²) < 4.78 is 46.8. The molecule has 0 spiro atoms. The summed E-state index contributed by atoms with van der Waals surface area (Å²) in [5, 5.41) is 2.73. The van der Waals surface area contributed by atoms with E-state index in [0.29, 0.717) is 13.0 Å². The first-order valence-electron chi connectivity index (χ1n) is 8.64. The number of sulfonamides is 1. The normalized spacial score (nSPS) is 18.5. The second-order valence-electron chi connectivity index (χ2n) is 6.31. The minimum Gasteiger partial charge on any atom is -0.494 e. The maximum absolute atomic E-state index is 14.3. The SMILES string of the molecule is COc1ccc(S(=O)(=O)N2CCCCC2CNC(=O)CCN)c(C)c1F. The molecule has 146 valence electrons. The fourth-order valence-corrected chi connectivity index (χ4v) is 5.06. The number of carbonyl (C=O) groups is 1. The van der Waals surface area contributed by atoms with Crippen molar-refractivity contribution in [2.24, 2.45) is 5.73 Å². The largest absolute Gasteiger partial charge is 0.494 e. The van der Waals surface area contributed by atoms with Crippen molar-refractivity contribution in [3.05, 3.63) is 23.5 Å². The number of amides is 1. The summed E-state index contributed by atoms with van der Waals surface area (Å²) in [4.78, 5) is 11.6. The Morgan fingerprint density at radius 1 is 1.42 bits per heavy atom. The molecule has 26 heavy (non-hydrogen) atoms. The van der Waals surface area contributed by atoms with Crippen molar-refractivity contribution >= 4 is 15.9 Å². The van der Waals surface area contributed by atoms with Crippen LogP contribution in [0.2, 0.25) is 0 Å². The lowest BCUT2D eigenvalue weighted by Gasteiger charge is -2.35. The molecule has 0 aliphatic carbocycles. The average Bonchev–Trinajstić information content (AvgIpc) is 2.62. The van der Waals surface area contributed by atoms with Crippen LogP contribution in [-0.4, -0.2) is 51.4 Å². The van der Waals surface area contributed by atoms with Gasteiger partial charge in [-0.25, -0.2) is 12.8 Å². The predicted molar refractivity (Wildman–Crippen MR) is 95.9 cm³/mol. The first kappa shape index (κ1) is 20.6. The molecule has 1 aromatic carbocycles. The van der Waals surface area contributed by atoms with Gasteiger partial charge in [-0.05, 0) is 31.9 Å². The molecule has 1 fully saturated rings. The van der Waals surface area contributed by atoms with Crippen molar-refractivity contribution in [1.82, 2.24) is 9.62 Å². The van der Waals surface area contributed by atoms with Crippen molar-refractivity contribution < 1.29 is 22.3 Å². The Balaban J connectivity index is 2.27. The predicted octanol–water partition coefficient (Wildman–Crippen LogP) is 1.15. The van der Waals surface area contributed by atoms with Crippen molar-refractivity contribution in [2.45, 2.75) is 43.5 Å². The number of rotatable bonds is 7. The molecule has 7 nitrogen and oxygen atoms in total. The van der Waals surface area contributed by atoms with Gasteiger partial charge >= 0.3 is 0 Å². The fraction of sp³-hybridized carbons (Fsp3) is 0.588.